The van der Waals surface area contributed by atoms with Gasteiger partial charge in [0.2, 0.25) is 5.91 Å². The summed E-state index contributed by atoms with van der Waals surface area (Å²) in [5.74, 6) is -0.881. The number of amides is 2. The predicted octanol–water partition coefficient (Wildman–Crippen LogP) is 4.38. The van der Waals surface area contributed by atoms with Gasteiger partial charge in [0.05, 0.1) is 22.8 Å². The molecule has 0 radical (unpaired) electrons. The third kappa shape index (κ3) is 6.12. The molecule has 2 aromatic carbocycles. The van der Waals surface area contributed by atoms with E-state index in [1.165, 1.54) is 18.2 Å². The number of hydrogen-bond acceptors (Lipinski definition) is 3. The summed E-state index contributed by atoms with van der Waals surface area (Å²) >= 11 is 6.21. The van der Waals surface area contributed by atoms with Crippen molar-refractivity contribution >= 4 is 29.1 Å². The van der Waals surface area contributed by atoms with Gasteiger partial charge < -0.3 is 10.6 Å². The standard InChI is InChI=1S/C22H19ClFN3O2/c23-20-13-17(27-21(28)10-7-15-4-3-5-16(24)12-15)8-9-19(20)22(29)26-14-18-6-1-2-11-25-18/h1-6,8-9,11-13H,7,10,14H2,(H,26,29)(H,27,28). The molecule has 2 N–H and O–H groups in total. The smallest absolute Gasteiger partial charge is 0.253 e. The fraction of sp³-hybridized carbons (Fsp3) is 0.136. The summed E-state index contributed by atoms with van der Waals surface area (Å²) in [5, 5.41) is 5.72. The Morgan fingerprint density at radius 1 is 1.03 bits per heavy atom. The molecule has 0 unspecified atom stereocenters. The third-order valence-electron chi connectivity index (χ3n) is 4.18. The Morgan fingerprint density at radius 3 is 2.62 bits per heavy atom. The molecule has 1 aromatic heterocycles. The lowest BCUT2D eigenvalue weighted by Crippen LogP contribution is -2.23. The lowest BCUT2D eigenvalue weighted by atomic mass is 10.1. The Balaban J connectivity index is 1.54. The number of halogens is 2. The van der Waals surface area contributed by atoms with E-state index >= 15 is 0 Å². The maximum absolute atomic E-state index is 13.2. The van der Waals surface area contributed by atoms with Crippen LogP contribution in [0.5, 0.6) is 0 Å². The van der Waals surface area contributed by atoms with Crippen molar-refractivity contribution in [1.29, 1.82) is 0 Å². The first-order chi connectivity index (χ1) is 14.0. The van der Waals surface area contributed by atoms with E-state index in [4.69, 9.17) is 11.6 Å². The van der Waals surface area contributed by atoms with Gasteiger partial charge in [0.25, 0.3) is 5.91 Å². The summed E-state index contributed by atoms with van der Waals surface area (Å²) in [4.78, 5) is 28.6. The zero-order valence-electron chi connectivity index (χ0n) is 15.5. The Bertz CT molecular complexity index is 1010. The monoisotopic (exact) mass is 411 g/mol. The van der Waals surface area contributed by atoms with Gasteiger partial charge in [0.15, 0.2) is 0 Å². The van der Waals surface area contributed by atoms with Crippen LogP contribution < -0.4 is 10.6 Å². The molecule has 29 heavy (non-hydrogen) atoms. The molecular formula is C22H19ClFN3O2. The van der Waals surface area contributed by atoms with Gasteiger partial charge in [-0.1, -0.05) is 29.8 Å². The minimum atomic E-state index is -0.329. The highest BCUT2D eigenvalue weighted by atomic mass is 35.5. The Kier molecular flexibility index (Phi) is 6.92. The average molecular weight is 412 g/mol. The number of benzene rings is 2. The second kappa shape index (κ2) is 9.80. The van der Waals surface area contributed by atoms with Crippen molar-refractivity contribution < 1.29 is 14.0 Å². The number of nitrogens with one attached hydrogen (secondary N) is 2. The molecule has 1 heterocycles. The van der Waals surface area contributed by atoms with E-state index in [0.29, 0.717) is 17.7 Å². The fourth-order valence-corrected chi connectivity index (χ4v) is 2.99. The molecule has 7 heteroatoms. The SMILES string of the molecule is O=C(CCc1cccc(F)c1)Nc1ccc(C(=O)NCc2ccccn2)c(Cl)c1. The third-order valence-corrected chi connectivity index (χ3v) is 4.50. The average Bonchev–Trinajstić information content (AvgIpc) is 2.71. The maximum Gasteiger partial charge on any atom is 0.253 e. The molecular weight excluding hydrogens is 393 g/mol. The molecule has 3 rings (SSSR count). The Labute approximate surface area is 172 Å². The van der Waals surface area contributed by atoms with Gasteiger partial charge in [-0.15, -0.1) is 0 Å². The summed E-state index contributed by atoms with van der Waals surface area (Å²) in [6.07, 6.45) is 2.28. The zero-order valence-corrected chi connectivity index (χ0v) is 16.2. The number of pyridine rings is 1. The number of carbonyl (C=O) groups excluding carboxylic acids is 2. The molecule has 148 valence electrons. The molecule has 2 amide bonds. The maximum atomic E-state index is 13.2. The molecule has 0 fully saturated rings. The van der Waals surface area contributed by atoms with Crippen LogP contribution in [-0.2, 0) is 17.8 Å². The second-order valence-corrected chi connectivity index (χ2v) is 6.78. The number of anilines is 1. The van der Waals surface area contributed by atoms with Gasteiger partial charge in [0, 0.05) is 18.3 Å². The van der Waals surface area contributed by atoms with Gasteiger partial charge in [-0.2, -0.15) is 0 Å². The van der Waals surface area contributed by atoms with Crippen LogP contribution in [0.4, 0.5) is 10.1 Å². The van der Waals surface area contributed by atoms with E-state index in [1.807, 2.05) is 12.1 Å². The summed E-state index contributed by atoms with van der Waals surface area (Å²) in [7, 11) is 0. The highest BCUT2D eigenvalue weighted by Gasteiger charge is 2.12. The molecule has 0 bridgehead atoms. The van der Waals surface area contributed by atoms with Crippen molar-refractivity contribution in [1.82, 2.24) is 10.3 Å². The number of hydrogen-bond donors (Lipinski definition) is 2. The summed E-state index contributed by atoms with van der Waals surface area (Å²) in [6, 6.07) is 16.3. The van der Waals surface area contributed by atoms with Crippen LogP contribution >= 0.6 is 11.6 Å². The van der Waals surface area contributed by atoms with Crippen LogP contribution in [0.15, 0.2) is 66.9 Å². The minimum Gasteiger partial charge on any atom is -0.346 e. The van der Waals surface area contributed by atoms with E-state index in [-0.39, 0.29) is 35.6 Å². The molecule has 0 aliphatic rings. The van der Waals surface area contributed by atoms with E-state index in [1.54, 1.807) is 36.5 Å². The lowest BCUT2D eigenvalue weighted by Gasteiger charge is -2.10. The van der Waals surface area contributed by atoms with Crippen LogP contribution in [0.3, 0.4) is 0 Å². The minimum absolute atomic E-state index is 0.202. The van der Waals surface area contributed by atoms with Crippen LogP contribution in [0.25, 0.3) is 0 Å². The van der Waals surface area contributed by atoms with Crippen molar-refractivity contribution in [2.75, 3.05) is 5.32 Å². The van der Waals surface area contributed by atoms with E-state index < -0.39 is 0 Å². The van der Waals surface area contributed by atoms with Gasteiger partial charge >= 0.3 is 0 Å². The number of nitrogens with zero attached hydrogens (tertiary/aromatic N) is 1. The summed E-state index contributed by atoms with van der Waals surface area (Å²) < 4.78 is 13.2. The molecule has 0 atom stereocenters. The van der Waals surface area contributed by atoms with Crippen molar-refractivity contribution in [2.45, 2.75) is 19.4 Å². The molecule has 0 aliphatic carbocycles. The summed E-state index contributed by atoms with van der Waals surface area (Å²) in [6.45, 7) is 0.286. The van der Waals surface area contributed by atoms with Gasteiger partial charge in [0.1, 0.15) is 5.82 Å². The van der Waals surface area contributed by atoms with Crippen LogP contribution in [0, 0.1) is 5.82 Å². The van der Waals surface area contributed by atoms with Crippen molar-refractivity contribution in [3.05, 3.63) is 94.5 Å². The fourth-order valence-electron chi connectivity index (χ4n) is 2.72. The number of aryl methyl sites for hydroxylation is 1. The Morgan fingerprint density at radius 2 is 1.90 bits per heavy atom. The highest BCUT2D eigenvalue weighted by molar-refractivity contribution is 6.34. The first-order valence-electron chi connectivity index (χ1n) is 9.03. The molecule has 0 saturated heterocycles. The van der Waals surface area contributed by atoms with Crippen molar-refractivity contribution in [3.8, 4) is 0 Å². The van der Waals surface area contributed by atoms with E-state index in [9.17, 15) is 14.0 Å². The second-order valence-electron chi connectivity index (χ2n) is 6.38. The molecule has 0 spiro atoms. The predicted molar refractivity (Wildman–Crippen MR) is 110 cm³/mol. The largest absolute Gasteiger partial charge is 0.346 e. The molecule has 5 nitrogen and oxygen atoms in total. The summed E-state index contributed by atoms with van der Waals surface area (Å²) in [5.41, 5.74) is 2.28. The van der Waals surface area contributed by atoms with Crippen LogP contribution in [-0.4, -0.2) is 16.8 Å². The van der Waals surface area contributed by atoms with Crippen LogP contribution in [0.1, 0.15) is 28.0 Å². The van der Waals surface area contributed by atoms with Gasteiger partial charge in [-0.25, -0.2) is 4.39 Å². The normalized spacial score (nSPS) is 10.4. The lowest BCUT2D eigenvalue weighted by molar-refractivity contribution is -0.116. The Hall–Kier alpha value is -3.25. The van der Waals surface area contributed by atoms with Gasteiger partial charge in [-0.3, -0.25) is 14.6 Å². The number of aromatic nitrogens is 1. The number of carbonyl (C=O) groups is 2. The number of rotatable bonds is 7. The zero-order chi connectivity index (χ0) is 20.6. The first-order valence-corrected chi connectivity index (χ1v) is 9.41. The first kappa shape index (κ1) is 20.5. The quantitative estimate of drug-likeness (QED) is 0.606. The molecule has 0 saturated carbocycles. The molecule has 3 aromatic rings. The van der Waals surface area contributed by atoms with Gasteiger partial charge in [-0.05, 0) is 54.4 Å². The van der Waals surface area contributed by atoms with Crippen molar-refractivity contribution in [2.24, 2.45) is 0 Å². The van der Waals surface area contributed by atoms with Crippen LogP contribution in [0.2, 0.25) is 5.02 Å². The topological polar surface area (TPSA) is 71.1 Å². The van der Waals surface area contributed by atoms with E-state index in [0.717, 1.165) is 11.3 Å². The van der Waals surface area contributed by atoms with Crippen molar-refractivity contribution in [3.63, 3.8) is 0 Å². The highest BCUT2D eigenvalue weighted by Crippen LogP contribution is 2.21. The molecule has 0 aliphatic heterocycles. The van der Waals surface area contributed by atoms with E-state index in [2.05, 4.69) is 15.6 Å².